The lowest BCUT2D eigenvalue weighted by Crippen LogP contribution is -2.17. The molecule has 0 fully saturated rings. The standard InChI is InChI=1S/C21H12F2N4O/c22-15-10-13(12-24)11-16(23)18(15)21(28)26-20-19(14-6-2-1-3-7-14)25-17-8-4-5-9-27(17)20/h1-11H,(H,26,28). The summed E-state index contributed by atoms with van der Waals surface area (Å²) >= 11 is 0. The number of rotatable bonds is 3. The summed E-state index contributed by atoms with van der Waals surface area (Å²) in [6.07, 6.45) is 1.69. The van der Waals surface area contributed by atoms with Gasteiger partial charge in [0.05, 0.1) is 11.6 Å². The van der Waals surface area contributed by atoms with Crippen molar-refractivity contribution in [1.29, 1.82) is 5.26 Å². The van der Waals surface area contributed by atoms with Crippen molar-refractivity contribution in [3.63, 3.8) is 0 Å². The Morgan fingerprint density at radius 3 is 2.39 bits per heavy atom. The summed E-state index contributed by atoms with van der Waals surface area (Å²) < 4.78 is 30.1. The van der Waals surface area contributed by atoms with Gasteiger partial charge in [0.1, 0.15) is 34.4 Å². The molecule has 0 aliphatic rings. The molecule has 0 radical (unpaired) electrons. The summed E-state index contributed by atoms with van der Waals surface area (Å²) in [6, 6.07) is 17.7. The molecule has 2 heterocycles. The Morgan fingerprint density at radius 1 is 1.04 bits per heavy atom. The van der Waals surface area contributed by atoms with Gasteiger partial charge in [0.15, 0.2) is 0 Å². The van der Waals surface area contributed by atoms with Crippen molar-refractivity contribution in [2.24, 2.45) is 0 Å². The highest BCUT2D eigenvalue weighted by molar-refractivity contribution is 6.06. The third-order valence-corrected chi connectivity index (χ3v) is 4.21. The number of hydrogen-bond donors (Lipinski definition) is 1. The second-order valence-corrected chi connectivity index (χ2v) is 5.98. The molecule has 2 aromatic carbocycles. The van der Waals surface area contributed by atoms with E-state index in [2.05, 4.69) is 10.3 Å². The zero-order chi connectivity index (χ0) is 19.7. The van der Waals surface area contributed by atoms with Crippen molar-refractivity contribution < 1.29 is 13.6 Å². The molecule has 0 aliphatic heterocycles. The fraction of sp³-hybridized carbons (Fsp3) is 0. The van der Waals surface area contributed by atoms with E-state index in [1.165, 1.54) is 0 Å². The van der Waals surface area contributed by atoms with Gasteiger partial charge in [-0.25, -0.2) is 13.8 Å². The van der Waals surface area contributed by atoms with Crippen LogP contribution in [0.3, 0.4) is 0 Å². The van der Waals surface area contributed by atoms with Crippen LogP contribution in [-0.4, -0.2) is 15.3 Å². The van der Waals surface area contributed by atoms with Crippen molar-refractivity contribution in [1.82, 2.24) is 9.38 Å². The van der Waals surface area contributed by atoms with E-state index in [1.807, 2.05) is 30.3 Å². The maximum absolute atomic E-state index is 14.2. The first-order valence-electron chi connectivity index (χ1n) is 8.31. The highest BCUT2D eigenvalue weighted by Gasteiger charge is 2.22. The molecule has 5 nitrogen and oxygen atoms in total. The van der Waals surface area contributed by atoms with Crippen LogP contribution in [0.5, 0.6) is 0 Å². The first-order valence-corrected chi connectivity index (χ1v) is 8.31. The number of hydrogen-bond acceptors (Lipinski definition) is 3. The normalized spacial score (nSPS) is 10.6. The molecule has 0 bridgehead atoms. The molecule has 0 saturated heterocycles. The number of anilines is 1. The third kappa shape index (κ3) is 2.97. The number of nitriles is 1. The molecule has 0 saturated carbocycles. The van der Waals surface area contributed by atoms with Crippen LogP contribution >= 0.6 is 0 Å². The lowest BCUT2D eigenvalue weighted by Gasteiger charge is -2.09. The second-order valence-electron chi connectivity index (χ2n) is 5.98. The number of halogens is 2. The number of carbonyl (C=O) groups excluding carboxylic acids is 1. The Hall–Kier alpha value is -4.05. The number of nitrogens with zero attached hydrogens (tertiary/aromatic N) is 3. The molecule has 136 valence electrons. The van der Waals surface area contributed by atoms with E-state index >= 15 is 0 Å². The number of benzene rings is 2. The number of amides is 1. The van der Waals surface area contributed by atoms with Gasteiger partial charge in [0.2, 0.25) is 0 Å². The predicted octanol–water partition coefficient (Wildman–Crippen LogP) is 4.40. The number of imidazole rings is 1. The molecule has 1 amide bonds. The smallest absolute Gasteiger partial charge is 0.262 e. The lowest BCUT2D eigenvalue weighted by atomic mass is 10.1. The largest absolute Gasteiger partial charge is 0.306 e. The van der Waals surface area contributed by atoms with Crippen molar-refractivity contribution in [2.75, 3.05) is 5.32 Å². The Balaban J connectivity index is 1.82. The van der Waals surface area contributed by atoms with Crippen LogP contribution in [0.1, 0.15) is 15.9 Å². The van der Waals surface area contributed by atoms with Gasteiger partial charge in [-0.1, -0.05) is 36.4 Å². The predicted molar refractivity (Wildman–Crippen MR) is 99.7 cm³/mol. The number of fused-ring (bicyclic) bond motifs is 1. The van der Waals surface area contributed by atoms with Crippen LogP contribution in [0.15, 0.2) is 66.9 Å². The minimum absolute atomic E-state index is 0.202. The van der Waals surface area contributed by atoms with Gasteiger partial charge in [-0.3, -0.25) is 9.20 Å². The quantitative estimate of drug-likeness (QED) is 0.578. The van der Waals surface area contributed by atoms with Gasteiger partial charge < -0.3 is 5.32 Å². The molecule has 0 spiro atoms. The highest BCUT2D eigenvalue weighted by Crippen LogP contribution is 2.29. The first-order chi connectivity index (χ1) is 13.6. The number of pyridine rings is 1. The Labute approximate surface area is 158 Å². The van der Waals surface area contributed by atoms with Gasteiger partial charge in [0.25, 0.3) is 5.91 Å². The minimum atomic E-state index is -1.11. The number of carbonyl (C=O) groups is 1. The van der Waals surface area contributed by atoms with Crippen LogP contribution in [0.2, 0.25) is 0 Å². The summed E-state index contributed by atoms with van der Waals surface area (Å²) in [7, 11) is 0. The topological polar surface area (TPSA) is 70.2 Å². The molecule has 0 aliphatic carbocycles. The zero-order valence-electron chi connectivity index (χ0n) is 14.4. The Morgan fingerprint density at radius 2 is 1.71 bits per heavy atom. The van der Waals surface area contributed by atoms with E-state index < -0.39 is 23.1 Å². The van der Waals surface area contributed by atoms with Crippen molar-refractivity contribution in [3.8, 4) is 17.3 Å². The van der Waals surface area contributed by atoms with Crippen LogP contribution in [0, 0.1) is 23.0 Å². The second kappa shape index (κ2) is 6.93. The average molecular weight is 374 g/mol. The molecule has 0 atom stereocenters. The average Bonchev–Trinajstić information content (AvgIpc) is 3.06. The summed E-state index contributed by atoms with van der Waals surface area (Å²) in [5.74, 6) is -2.90. The van der Waals surface area contributed by atoms with Crippen LogP contribution in [0.4, 0.5) is 14.6 Å². The fourth-order valence-corrected chi connectivity index (χ4v) is 2.94. The van der Waals surface area contributed by atoms with E-state index in [-0.39, 0.29) is 11.4 Å². The van der Waals surface area contributed by atoms with Crippen LogP contribution in [-0.2, 0) is 0 Å². The summed E-state index contributed by atoms with van der Waals surface area (Å²) in [4.78, 5) is 17.2. The van der Waals surface area contributed by atoms with Crippen molar-refractivity contribution in [2.45, 2.75) is 0 Å². The Kier molecular flexibility index (Phi) is 4.30. The zero-order valence-corrected chi connectivity index (χ0v) is 14.4. The molecule has 4 rings (SSSR count). The van der Waals surface area contributed by atoms with Gasteiger partial charge in [-0.2, -0.15) is 5.26 Å². The summed E-state index contributed by atoms with van der Waals surface area (Å²) in [5.41, 5.74) is 0.810. The van der Waals surface area contributed by atoms with Crippen LogP contribution < -0.4 is 5.32 Å². The van der Waals surface area contributed by atoms with Gasteiger partial charge in [-0.05, 0) is 24.3 Å². The van der Waals surface area contributed by atoms with E-state index in [1.54, 1.807) is 34.9 Å². The van der Waals surface area contributed by atoms with Crippen molar-refractivity contribution >= 4 is 17.4 Å². The maximum atomic E-state index is 14.2. The lowest BCUT2D eigenvalue weighted by molar-refractivity contribution is 0.101. The first kappa shape index (κ1) is 17.4. The van der Waals surface area contributed by atoms with Crippen LogP contribution in [0.25, 0.3) is 16.9 Å². The number of nitrogens with one attached hydrogen (secondary N) is 1. The highest BCUT2D eigenvalue weighted by atomic mass is 19.1. The van der Waals surface area contributed by atoms with Crippen molar-refractivity contribution in [3.05, 3.63) is 89.6 Å². The fourth-order valence-electron chi connectivity index (χ4n) is 2.94. The SMILES string of the molecule is N#Cc1cc(F)c(C(=O)Nc2c(-c3ccccc3)nc3ccccn23)c(F)c1. The molecule has 28 heavy (non-hydrogen) atoms. The molecule has 2 aromatic heterocycles. The Bertz CT molecular complexity index is 1220. The minimum Gasteiger partial charge on any atom is -0.306 e. The van der Waals surface area contributed by atoms with Gasteiger partial charge in [-0.15, -0.1) is 0 Å². The molecule has 7 heteroatoms. The number of aromatic nitrogens is 2. The molecule has 4 aromatic rings. The van der Waals surface area contributed by atoms with Gasteiger partial charge in [0, 0.05) is 11.8 Å². The summed E-state index contributed by atoms with van der Waals surface area (Å²) in [5, 5.41) is 11.4. The molecule has 0 unspecified atom stereocenters. The molecular weight excluding hydrogens is 362 g/mol. The van der Waals surface area contributed by atoms with E-state index in [0.29, 0.717) is 11.3 Å². The van der Waals surface area contributed by atoms with E-state index in [9.17, 15) is 13.6 Å². The van der Waals surface area contributed by atoms with Gasteiger partial charge >= 0.3 is 0 Å². The third-order valence-electron chi connectivity index (χ3n) is 4.21. The summed E-state index contributed by atoms with van der Waals surface area (Å²) in [6.45, 7) is 0. The molecule has 1 N–H and O–H groups in total. The maximum Gasteiger partial charge on any atom is 0.262 e. The molecular formula is C21H12F2N4O. The monoisotopic (exact) mass is 374 g/mol. The van der Waals surface area contributed by atoms with E-state index in [0.717, 1.165) is 17.7 Å². The van der Waals surface area contributed by atoms with E-state index in [4.69, 9.17) is 5.26 Å².